The Balaban J connectivity index is 1.61. The predicted octanol–water partition coefficient (Wildman–Crippen LogP) is 4.50. The Kier molecular flexibility index (Phi) is 6.15. The standard InChI is InChI=1S/C21H25F3N6O/c22-21(23,24)15-6-5-12-29(14-15)18-9-8-16-19(28-18)30(13-4-3-10-25-16)20(31)27-17-7-1-2-11-26-17/h1-2,7-9,11,15,25H,3-6,10,12-14H2,(H,26,27,31). The number of pyridine rings is 2. The summed E-state index contributed by atoms with van der Waals surface area (Å²) in [6.07, 6.45) is -0.404. The van der Waals surface area contributed by atoms with Crippen molar-refractivity contribution in [3.05, 3.63) is 36.5 Å². The summed E-state index contributed by atoms with van der Waals surface area (Å²) in [4.78, 5) is 25.0. The molecule has 2 aromatic rings. The molecule has 0 saturated carbocycles. The van der Waals surface area contributed by atoms with Crippen LogP contribution in [0.25, 0.3) is 0 Å². The van der Waals surface area contributed by atoms with Gasteiger partial charge in [0.2, 0.25) is 0 Å². The summed E-state index contributed by atoms with van der Waals surface area (Å²) in [5, 5.41) is 6.05. The minimum Gasteiger partial charge on any atom is -0.382 e. The van der Waals surface area contributed by atoms with Crippen LogP contribution in [0.3, 0.4) is 0 Å². The van der Waals surface area contributed by atoms with Gasteiger partial charge in [-0.05, 0) is 49.9 Å². The lowest BCUT2D eigenvalue weighted by Crippen LogP contribution is -2.42. The summed E-state index contributed by atoms with van der Waals surface area (Å²) in [6.45, 7) is 1.58. The molecule has 2 aromatic heterocycles. The molecule has 2 aliphatic rings. The van der Waals surface area contributed by atoms with Crippen molar-refractivity contribution in [2.45, 2.75) is 31.9 Å². The molecule has 4 rings (SSSR count). The molecule has 166 valence electrons. The van der Waals surface area contributed by atoms with Crippen LogP contribution in [0.2, 0.25) is 0 Å². The summed E-state index contributed by atoms with van der Waals surface area (Å²) >= 11 is 0. The first-order valence-electron chi connectivity index (χ1n) is 10.5. The minimum atomic E-state index is -4.22. The number of carbonyl (C=O) groups is 1. The number of hydrogen-bond donors (Lipinski definition) is 2. The summed E-state index contributed by atoms with van der Waals surface area (Å²) < 4.78 is 39.8. The largest absolute Gasteiger partial charge is 0.393 e. The number of carbonyl (C=O) groups excluding carboxylic acids is 1. The van der Waals surface area contributed by atoms with Gasteiger partial charge < -0.3 is 10.2 Å². The number of piperidine rings is 1. The van der Waals surface area contributed by atoms with Crippen molar-refractivity contribution >= 4 is 29.2 Å². The lowest BCUT2D eigenvalue weighted by atomic mass is 9.97. The third-order valence-electron chi connectivity index (χ3n) is 5.59. The van der Waals surface area contributed by atoms with Crippen molar-refractivity contribution < 1.29 is 18.0 Å². The van der Waals surface area contributed by atoms with Gasteiger partial charge in [-0.1, -0.05) is 6.07 Å². The van der Waals surface area contributed by atoms with Crippen molar-refractivity contribution in [2.75, 3.05) is 46.6 Å². The second kappa shape index (κ2) is 8.99. The maximum absolute atomic E-state index is 13.3. The molecule has 31 heavy (non-hydrogen) atoms. The molecule has 10 heteroatoms. The van der Waals surface area contributed by atoms with Gasteiger partial charge >= 0.3 is 12.2 Å². The topological polar surface area (TPSA) is 73.4 Å². The second-order valence-electron chi connectivity index (χ2n) is 7.80. The van der Waals surface area contributed by atoms with Gasteiger partial charge in [0.25, 0.3) is 0 Å². The zero-order valence-corrected chi connectivity index (χ0v) is 17.0. The van der Waals surface area contributed by atoms with E-state index < -0.39 is 12.1 Å². The van der Waals surface area contributed by atoms with Crippen LogP contribution in [0.1, 0.15) is 25.7 Å². The van der Waals surface area contributed by atoms with Crippen molar-refractivity contribution in [3.63, 3.8) is 0 Å². The average Bonchev–Trinajstić information content (AvgIpc) is 2.74. The maximum atomic E-state index is 13.3. The van der Waals surface area contributed by atoms with Gasteiger partial charge in [0, 0.05) is 32.4 Å². The molecule has 0 aliphatic carbocycles. The number of nitrogens with zero attached hydrogens (tertiary/aromatic N) is 4. The molecule has 0 radical (unpaired) electrons. The molecule has 1 fully saturated rings. The molecule has 0 aromatic carbocycles. The van der Waals surface area contributed by atoms with E-state index >= 15 is 0 Å². The zero-order valence-electron chi connectivity index (χ0n) is 17.0. The first-order chi connectivity index (χ1) is 14.9. The Bertz CT molecular complexity index is 908. The van der Waals surface area contributed by atoms with Gasteiger partial charge in [0.05, 0.1) is 11.6 Å². The Labute approximate surface area is 178 Å². The SMILES string of the molecule is O=C(Nc1ccccn1)N1CCCCNc2ccc(N3CCCC(C(F)(F)F)C3)nc21. The van der Waals surface area contributed by atoms with E-state index in [2.05, 4.69) is 20.6 Å². The maximum Gasteiger partial charge on any atom is 0.393 e. The van der Waals surface area contributed by atoms with Crippen molar-refractivity contribution in [2.24, 2.45) is 5.92 Å². The fourth-order valence-electron chi connectivity index (χ4n) is 3.95. The number of amides is 2. The lowest BCUT2D eigenvalue weighted by molar-refractivity contribution is -0.176. The number of aromatic nitrogens is 2. The van der Waals surface area contributed by atoms with E-state index in [0.29, 0.717) is 42.7 Å². The van der Waals surface area contributed by atoms with E-state index in [-0.39, 0.29) is 19.0 Å². The molecule has 7 nitrogen and oxygen atoms in total. The molecule has 0 spiro atoms. The van der Waals surface area contributed by atoms with Crippen LogP contribution in [0, 0.1) is 5.92 Å². The molecular formula is C21H25F3N6O. The molecule has 0 bridgehead atoms. The first-order valence-corrected chi connectivity index (χ1v) is 10.5. The van der Waals surface area contributed by atoms with E-state index in [9.17, 15) is 18.0 Å². The predicted molar refractivity (Wildman–Crippen MR) is 114 cm³/mol. The second-order valence-corrected chi connectivity index (χ2v) is 7.80. The molecule has 1 atom stereocenters. The number of nitrogens with one attached hydrogen (secondary N) is 2. The van der Waals surface area contributed by atoms with E-state index in [0.717, 1.165) is 19.4 Å². The van der Waals surface area contributed by atoms with Crippen LogP contribution in [-0.2, 0) is 0 Å². The number of alkyl halides is 3. The van der Waals surface area contributed by atoms with E-state index in [1.54, 1.807) is 41.4 Å². The van der Waals surface area contributed by atoms with E-state index in [1.807, 2.05) is 0 Å². The summed E-state index contributed by atoms with van der Waals surface area (Å²) in [5.41, 5.74) is 0.684. The Morgan fingerprint density at radius 1 is 1.13 bits per heavy atom. The van der Waals surface area contributed by atoms with E-state index in [4.69, 9.17) is 0 Å². The van der Waals surface area contributed by atoms with Crippen LogP contribution in [-0.4, -0.2) is 48.4 Å². The van der Waals surface area contributed by atoms with Gasteiger partial charge in [-0.2, -0.15) is 13.2 Å². The first kappa shape index (κ1) is 21.2. The van der Waals surface area contributed by atoms with Gasteiger partial charge in [-0.15, -0.1) is 0 Å². The zero-order chi connectivity index (χ0) is 21.8. The minimum absolute atomic E-state index is 0.122. The Morgan fingerprint density at radius 2 is 2.00 bits per heavy atom. The number of anilines is 4. The van der Waals surface area contributed by atoms with Gasteiger partial charge in [-0.3, -0.25) is 10.2 Å². The third kappa shape index (κ3) is 5.00. The lowest BCUT2D eigenvalue weighted by Gasteiger charge is -2.35. The third-order valence-corrected chi connectivity index (χ3v) is 5.59. The van der Waals surface area contributed by atoms with Crippen molar-refractivity contribution in [3.8, 4) is 0 Å². The van der Waals surface area contributed by atoms with Crippen LogP contribution in [0.4, 0.5) is 41.1 Å². The number of halogens is 3. The highest BCUT2D eigenvalue weighted by molar-refractivity contribution is 6.02. The highest BCUT2D eigenvalue weighted by atomic mass is 19.4. The Morgan fingerprint density at radius 3 is 2.77 bits per heavy atom. The number of hydrogen-bond acceptors (Lipinski definition) is 5. The molecule has 1 saturated heterocycles. The van der Waals surface area contributed by atoms with Crippen LogP contribution < -0.4 is 20.4 Å². The van der Waals surface area contributed by atoms with Gasteiger partial charge in [0.15, 0.2) is 5.82 Å². The van der Waals surface area contributed by atoms with Crippen molar-refractivity contribution in [1.82, 2.24) is 9.97 Å². The monoisotopic (exact) mass is 434 g/mol. The number of fused-ring (bicyclic) bond motifs is 1. The summed E-state index contributed by atoms with van der Waals surface area (Å²) in [7, 11) is 0. The molecule has 4 heterocycles. The quantitative estimate of drug-likeness (QED) is 0.728. The number of urea groups is 1. The fraction of sp³-hybridized carbons (Fsp3) is 0.476. The molecule has 1 unspecified atom stereocenters. The Hall–Kier alpha value is -3.04. The normalized spacial score (nSPS) is 19.6. The molecule has 2 N–H and O–H groups in total. The smallest absolute Gasteiger partial charge is 0.382 e. The molecule has 2 amide bonds. The highest BCUT2D eigenvalue weighted by Gasteiger charge is 2.42. The highest BCUT2D eigenvalue weighted by Crippen LogP contribution is 2.36. The van der Waals surface area contributed by atoms with E-state index in [1.165, 1.54) is 4.90 Å². The average molecular weight is 434 g/mol. The van der Waals surface area contributed by atoms with Gasteiger partial charge in [0.1, 0.15) is 11.6 Å². The molecule has 2 aliphatic heterocycles. The summed E-state index contributed by atoms with van der Waals surface area (Å²) in [6, 6.07) is 8.36. The van der Waals surface area contributed by atoms with Gasteiger partial charge in [-0.25, -0.2) is 14.8 Å². The van der Waals surface area contributed by atoms with Crippen LogP contribution in [0.15, 0.2) is 36.5 Å². The fourth-order valence-corrected chi connectivity index (χ4v) is 3.95. The molecular weight excluding hydrogens is 409 g/mol. The van der Waals surface area contributed by atoms with Crippen LogP contribution in [0.5, 0.6) is 0 Å². The number of rotatable bonds is 2. The van der Waals surface area contributed by atoms with Crippen molar-refractivity contribution in [1.29, 1.82) is 0 Å². The van der Waals surface area contributed by atoms with Crippen LogP contribution >= 0.6 is 0 Å². The summed E-state index contributed by atoms with van der Waals surface area (Å²) in [5.74, 6) is -0.0820.